The second-order valence-electron chi connectivity index (χ2n) is 9.90. The minimum atomic E-state index is -0.980. The van der Waals surface area contributed by atoms with Gasteiger partial charge in [0.05, 0.1) is 11.1 Å². The summed E-state index contributed by atoms with van der Waals surface area (Å²) >= 11 is 0. The third-order valence-corrected chi connectivity index (χ3v) is 4.87. The Labute approximate surface area is 179 Å². The summed E-state index contributed by atoms with van der Waals surface area (Å²) in [7, 11) is 0. The number of imide groups is 1. The van der Waals surface area contributed by atoms with E-state index in [9.17, 15) is 14.4 Å². The Hall–Kier alpha value is -2.63. The zero-order valence-electron chi connectivity index (χ0n) is 19.2. The van der Waals surface area contributed by atoms with Crippen LogP contribution in [0.3, 0.4) is 0 Å². The average Bonchev–Trinajstić information content (AvgIpc) is 2.81. The number of fused-ring (bicyclic) bond motifs is 1. The molecule has 0 bridgehead atoms. The zero-order valence-corrected chi connectivity index (χ0v) is 19.2. The molecule has 0 N–H and O–H groups in total. The molecule has 0 unspecified atom stereocenters. The summed E-state index contributed by atoms with van der Waals surface area (Å²) in [4.78, 5) is 39.7. The van der Waals surface area contributed by atoms with Gasteiger partial charge in [0.2, 0.25) is 5.91 Å². The topological polar surface area (TPSA) is 72.9 Å². The molecule has 2 amide bonds. The third kappa shape index (κ3) is 4.91. The summed E-state index contributed by atoms with van der Waals surface area (Å²) < 4.78 is 10.8. The normalized spacial score (nSPS) is 19.4. The monoisotopic (exact) mass is 415 g/mol. The van der Waals surface area contributed by atoms with Crippen molar-refractivity contribution in [3.63, 3.8) is 0 Å². The first kappa shape index (κ1) is 23.6. The van der Waals surface area contributed by atoms with Crippen LogP contribution in [0.4, 0.5) is 10.5 Å². The van der Waals surface area contributed by atoms with E-state index in [0.29, 0.717) is 5.69 Å². The third-order valence-electron chi connectivity index (χ3n) is 4.87. The minimum absolute atomic E-state index is 0.123. The highest BCUT2D eigenvalue weighted by molar-refractivity contribution is 6.21. The number of allylic oxidation sites excluding steroid dienone is 1. The first-order valence-corrected chi connectivity index (χ1v) is 10.3. The van der Waals surface area contributed by atoms with Gasteiger partial charge < -0.3 is 9.47 Å². The van der Waals surface area contributed by atoms with E-state index < -0.39 is 28.7 Å². The Morgan fingerprint density at radius 2 is 1.60 bits per heavy atom. The Balaban J connectivity index is 2.43. The minimum Gasteiger partial charge on any atom is -0.457 e. The molecule has 0 saturated carbocycles. The van der Waals surface area contributed by atoms with Gasteiger partial charge in [0.1, 0.15) is 11.2 Å². The highest BCUT2D eigenvalue weighted by atomic mass is 16.6. The summed E-state index contributed by atoms with van der Waals surface area (Å²) in [6.45, 7) is 14.5. The van der Waals surface area contributed by atoms with Crippen molar-refractivity contribution in [2.75, 3.05) is 4.90 Å². The average molecular weight is 416 g/mol. The van der Waals surface area contributed by atoms with Crippen LogP contribution in [0.5, 0.6) is 0 Å². The highest BCUT2D eigenvalue weighted by Crippen LogP contribution is 2.49. The van der Waals surface area contributed by atoms with Crippen LogP contribution in [0.15, 0.2) is 36.4 Å². The quantitative estimate of drug-likeness (QED) is 0.502. The van der Waals surface area contributed by atoms with Crippen LogP contribution >= 0.6 is 0 Å². The maximum Gasteiger partial charge on any atom is 0.421 e. The summed E-state index contributed by atoms with van der Waals surface area (Å²) in [6.07, 6.45) is 2.57. The molecule has 1 aliphatic rings. The van der Waals surface area contributed by atoms with Gasteiger partial charge in [-0.25, -0.2) is 14.5 Å². The van der Waals surface area contributed by atoms with Crippen molar-refractivity contribution < 1.29 is 23.9 Å². The van der Waals surface area contributed by atoms with E-state index in [-0.39, 0.29) is 18.2 Å². The maximum atomic E-state index is 13.6. The molecule has 2 rings (SSSR count). The standard InChI is InChI=1S/C24H33NO5/c1-16(2)24(15-11-14-19(26)29-22(3,4)5)17-12-9-10-13-18(17)25(20(24)27)21(28)30-23(6,7)8/h9-14,16H,15H2,1-8H3/b14-11-/t24-/m1/s1. The lowest BCUT2D eigenvalue weighted by molar-refractivity contribution is -0.148. The van der Waals surface area contributed by atoms with Gasteiger partial charge in [-0.1, -0.05) is 38.1 Å². The Morgan fingerprint density at radius 3 is 2.13 bits per heavy atom. The predicted molar refractivity (Wildman–Crippen MR) is 116 cm³/mol. The van der Waals surface area contributed by atoms with Gasteiger partial charge in [-0.3, -0.25) is 4.79 Å². The number of nitrogens with zero attached hydrogens (tertiary/aromatic N) is 1. The number of carbonyl (C=O) groups is 3. The van der Waals surface area contributed by atoms with Crippen molar-refractivity contribution in [2.45, 2.75) is 78.4 Å². The molecule has 0 aromatic heterocycles. The van der Waals surface area contributed by atoms with Crippen LogP contribution in [0.1, 0.15) is 67.4 Å². The molecule has 6 nitrogen and oxygen atoms in total. The number of ether oxygens (including phenoxy) is 2. The molecule has 30 heavy (non-hydrogen) atoms. The number of carbonyl (C=O) groups excluding carboxylic acids is 3. The summed E-state index contributed by atoms with van der Waals surface area (Å²) in [5, 5.41) is 0. The van der Waals surface area contributed by atoms with E-state index in [4.69, 9.17) is 9.47 Å². The fraction of sp³-hybridized carbons (Fsp3) is 0.542. The Morgan fingerprint density at radius 1 is 1.03 bits per heavy atom. The molecule has 1 aromatic carbocycles. The highest BCUT2D eigenvalue weighted by Gasteiger charge is 2.54. The van der Waals surface area contributed by atoms with Gasteiger partial charge in [0, 0.05) is 6.08 Å². The second kappa shape index (κ2) is 8.25. The Bertz CT molecular complexity index is 857. The molecule has 0 aliphatic carbocycles. The first-order valence-electron chi connectivity index (χ1n) is 10.3. The fourth-order valence-electron chi connectivity index (χ4n) is 3.63. The summed E-state index contributed by atoms with van der Waals surface area (Å²) in [6, 6.07) is 7.24. The molecule has 1 atom stereocenters. The van der Waals surface area contributed by atoms with Gasteiger partial charge in [0.25, 0.3) is 0 Å². The molecule has 1 aromatic rings. The molecule has 6 heteroatoms. The predicted octanol–water partition coefficient (Wildman–Crippen LogP) is 5.15. The van der Waals surface area contributed by atoms with E-state index in [1.165, 1.54) is 6.08 Å². The Kier molecular flexibility index (Phi) is 6.50. The molecule has 1 heterocycles. The van der Waals surface area contributed by atoms with Crippen LogP contribution in [0.2, 0.25) is 0 Å². The zero-order chi connectivity index (χ0) is 22.9. The van der Waals surface area contributed by atoms with Crippen molar-refractivity contribution in [3.05, 3.63) is 42.0 Å². The van der Waals surface area contributed by atoms with Gasteiger partial charge >= 0.3 is 12.1 Å². The van der Waals surface area contributed by atoms with E-state index >= 15 is 0 Å². The van der Waals surface area contributed by atoms with E-state index in [0.717, 1.165) is 10.5 Å². The number of rotatable bonds is 4. The molecular formula is C24H33NO5. The lowest BCUT2D eigenvalue weighted by atomic mass is 9.70. The number of amides is 2. The van der Waals surface area contributed by atoms with E-state index in [2.05, 4.69) is 0 Å². The van der Waals surface area contributed by atoms with Crippen molar-refractivity contribution in [1.82, 2.24) is 0 Å². The summed E-state index contributed by atoms with van der Waals surface area (Å²) in [5.74, 6) is -0.937. The molecule has 0 radical (unpaired) electrons. The van der Waals surface area contributed by atoms with Crippen LogP contribution in [0, 0.1) is 5.92 Å². The van der Waals surface area contributed by atoms with E-state index in [1.54, 1.807) is 59.8 Å². The maximum absolute atomic E-state index is 13.6. The van der Waals surface area contributed by atoms with Crippen molar-refractivity contribution >= 4 is 23.7 Å². The number of anilines is 1. The van der Waals surface area contributed by atoms with Gasteiger partial charge in [0.15, 0.2) is 0 Å². The van der Waals surface area contributed by atoms with Gasteiger partial charge in [-0.2, -0.15) is 0 Å². The molecule has 1 aliphatic heterocycles. The van der Waals surface area contributed by atoms with Gasteiger partial charge in [-0.15, -0.1) is 0 Å². The second-order valence-corrected chi connectivity index (χ2v) is 9.90. The lowest BCUT2D eigenvalue weighted by Gasteiger charge is -2.32. The van der Waals surface area contributed by atoms with Crippen LogP contribution in [-0.2, 0) is 24.5 Å². The SMILES string of the molecule is CC(C)[C@@]1(C/C=C\C(=O)OC(C)(C)C)C(=O)N(C(=O)OC(C)(C)C)c2ccccc21. The van der Waals surface area contributed by atoms with Crippen LogP contribution < -0.4 is 4.90 Å². The fourth-order valence-corrected chi connectivity index (χ4v) is 3.63. The van der Waals surface area contributed by atoms with Gasteiger partial charge in [-0.05, 0) is 65.5 Å². The largest absolute Gasteiger partial charge is 0.457 e. The molecule has 164 valence electrons. The molecule has 0 fully saturated rings. The van der Waals surface area contributed by atoms with E-state index in [1.807, 2.05) is 26.0 Å². The van der Waals surface area contributed by atoms with Crippen molar-refractivity contribution in [1.29, 1.82) is 0 Å². The van der Waals surface area contributed by atoms with Crippen LogP contribution in [0.25, 0.3) is 0 Å². The number of esters is 1. The number of para-hydroxylation sites is 1. The number of benzene rings is 1. The number of hydrogen-bond acceptors (Lipinski definition) is 5. The smallest absolute Gasteiger partial charge is 0.421 e. The molecule has 0 spiro atoms. The summed E-state index contributed by atoms with van der Waals surface area (Å²) in [5.41, 5.74) is -1.03. The first-order chi connectivity index (χ1) is 13.7. The van der Waals surface area contributed by atoms with Crippen molar-refractivity contribution in [2.24, 2.45) is 5.92 Å². The molecule has 0 saturated heterocycles. The lowest BCUT2D eigenvalue weighted by Crippen LogP contribution is -2.47. The van der Waals surface area contributed by atoms with Crippen LogP contribution in [-0.4, -0.2) is 29.2 Å². The van der Waals surface area contributed by atoms with Crippen molar-refractivity contribution in [3.8, 4) is 0 Å². The number of hydrogen-bond donors (Lipinski definition) is 0. The molecular weight excluding hydrogens is 382 g/mol.